The van der Waals surface area contributed by atoms with Crippen molar-refractivity contribution in [2.75, 3.05) is 5.73 Å². The van der Waals surface area contributed by atoms with E-state index in [0.29, 0.717) is 11.4 Å². The third-order valence-corrected chi connectivity index (χ3v) is 3.03. The maximum absolute atomic E-state index is 12.9. The molecule has 0 unspecified atom stereocenters. The van der Waals surface area contributed by atoms with Gasteiger partial charge in [-0.15, -0.1) is 0 Å². The highest BCUT2D eigenvalue weighted by Gasteiger charge is 2.14. The standard InChI is InChI=1S/C15H11FN2O/c16-12-7-5-10(6-8-12)15(19)18-13-4-2-1-3-11(13)9-14(18)17/h1-9H,17H2. The van der Waals surface area contributed by atoms with Gasteiger partial charge in [-0.05, 0) is 36.4 Å². The molecule has 94 valence electrons. The number of hydrogen-bond donors (Lipinski definition) is 1. The van der Waals surface area contributed by atoms with E-state index in [9.17, 15) is 9.18 Å². The van der Waals surface area contributed by atoms with E-state index in [0.717, 1.165) is 10.9 Å². The number of aromatic nitrogens is 1. The van der Waals surface area contributed by atoms with Gasteiger partial charge in [0, 0.05) is 10.9 Å². The number of hydrogen-bond acceptors (Lipinski definition) is 2. The van der Waals surface area contributed by atoms with Crippen LogP contribution in [0.4, 0.5) is 10.2 Å². The summed E-state index contributed by atoms with van der Waals surface area (Å²) in [4.78, 5) is 12.4. The molecule has 0 saturated heterocycles. The minimum absolute atomic E-state index is 0.265. The van der Waals surface area contributed by atoms with Crippen LogP contribution in [0, 0.1) is 5.82 Å². The second kappa shape index (κ2) is 4.24. The Morgan fingerprint density at radius 3 is 2.47 bits per heavy atom. The minimum atomic E-state index is -0.373. The van der Waals surface area contributed by atoms with E-state index in [4.69, 9.17) is 5.73 Å². The second-order valence-corrected chi connectivity index (χ2v) is 4.28. The average molecular weight is 254 g/mol. The summed E-state index contributed by atoms with van der Waals surface area (Å²) in [5.41, 5.74) is 7.03. The van der Waals surface area contributed by atoms with Gasteiger partial charge in [-0.3, -0.25) is 9.36 Å². The van der Waals surface area contributed by atoms with E-state index < -0.39 is 0 Å². The van der Waals surface area contributed by atoms with Gasteiger partial charge in [0.05, 0.1) is 5.52 Å². The van der Waals surface area contributed by atoms with E-state index in [2.05, 4.69) is 0 Å². The number of rotatable bonds is 1. The first-order valence-electron chi connectivity index (χ1n) is 5.83. The van der Waals surface area contributed by atoms with Crippen LogP contribution in [0.5, 0.6) is 0 Å². The number of anilines is 1. The van der Waals surface area contributed by atoms with Crippen LogP contribution in [0.2, 0.25) is 0 Å². The quantitative estimate of drug-likeness (QED) is 0.725. The molecule has 19 heavy (non-hydrogen) atoms. The second-order valence-electron chi connectivity index (χ2n) is 4.28. The number of nitrogens with two attached hydrogens (primary N) is 1. The van der Waals surface area contributed by atoms with E-state index in [1.807, 2.05) is 24.3 Å². The highest BCUT2D eigenvalue weighted by atomic mass is 19.1. The topological polar surface area (TPSA) is 48.0 Å². The van der Waals surface area contributed by atoms with E-state index in [1.54, 1.807) is 6.07 Å². The maximum atomic E-state index is 12.9. The molecule has 3 nitrogen and oxygen atoms in total. The van der Waals surface area contributed by atoms with Gasteiger partial charge in [0.2, 0.25) is 0 Å². The first-order valence-corrected chi connectivity index (χ1v) is 5.83. The SMILES string of the molecule is Nc1cc2ccccc2n1C(=O)c1ccc(F)cc1. The van der Waals surface area contributed by atoms with Crippen molar-refractivity contribution in [3.05, 3.63) is 66.0 Å². The van der Waals surface area contributed by atoms with Crippen LogP contribution in [0.3, 0.4) is 0 Å². The highest BCUT2D eigenvalue weighted by Crippen LogP contribution is 2.22. The number of halogens is 1. The van der Waals surface area contributed by atoms with Crippen LogP contribution >= 0.6 is 0 Å². The van der Waals surface area contributed by atoms with Crippen LogP contribution in [-0.2, 0) is 0 Å². The molecule has 3 aromatic rings. The number of fused-ring (bicyclic) bond motifs is 1. The van der Waals surface area contributed by atoms with Crippen LogP contribution in [0.25, 0.3) is 10.9 Å². The summed E-state index contributed by atoms with van der Waals surface area (Å²) < 4.78 is 14.3. The molecule has 0 aliphatic carbocycles. The zero-order chi connectivity index (χ0) is 13.4. The Morgan fingerprint density at radius 1 is 1.05 bits per heavy atom. The Bertz CT molecular complexity index is 759. The van der Waals surface area contributed by atoms with Crippen molar-refractivity contribution in [1.82, 2.24) is 4.57 Å². The number of benzene rings is 2. The van der Waals surface area contributed by atoms with Crippen molar-refractivity contribution < 1.29 is 9.18 Å². The monoisotopic (exact) mass is 254 g/mol. The molecule has 4 heteroatoms. The summed E-state index contributed by atoms with van der Waals surface area (Å²) in [6, 6.07) is 14.6. The fourth-order valence-electron chi connectivity index (χ4n) is 2.12. The van der Waals surface area contributed by atoms with Crippen molar-refractivity contribution in [2.24, 2.45) is 0 Å². The molecule has 3 rings (SSSR count). The van der Waals surface area contributed by atoms with Gasteiger partial charge in [0.25, 0.3) is 5.91 Å². The van der Waals surface area contributed by atoms with Gasteiger partial charge in [-0.25, -0.2) is 4.39 Å². The first-order chi connectivity index (χ1) is 9.16. The summed E-state index contributed by atoms with van der Waals surface area (Å²) >= 11 is 0. The molecule has 0 fully saturated rings. The Hall–Kier alpha value is -2.62. The molecular formula is C15H11FN2O. The molecule has 0 atom stereocenters. The molecule has 0 bridgehead atoms. The lowest BCUT2D eigenvalue weighted by Gasteiger charge is -2.06. The number of nitrogens with zero attached hydrogens (tertiary/aromatic N) is 1. The molecule has 0 saturated carbocycles. The molecule has 0 radical (unpaired) electrons. The Morgan fingerprint density at radius 2 is 1.74 bits per heavy atom. The molecule has 0 spiro atoms. The molecule has 0 aliphatic rings. The molecular weight excluding hydrogens is 243 g/mol. The Kier molecular flexibility index (Phi) is 2.56. The maximum Gasteiger partial charge on any atom is 0.263 e. The number of nitrogen functional groups attached to an aromatic ring is 1. The minimum Gasteiger partial charge on any atom is -0.385 e. The van der Waals surface area contributed by atoms with Crippen molar-refractivity contribution in [3.8, 4) is 0 Å². The van der Waals surface area contributed by atoms with Crippen molar-refractivity contribution >= 4 is 22.6 Å². The van der Waals surface area contributed by atoms with E-state index in [-0.39, 0.29) is 11.7 Å². The fourth-order valence-corrected chi connectivity index (χ4v) is 2.12. The fraction of sp³-hybridized carbons (Fsp3) is 0. The predicted octanol–water partition coefficient (Wildman–Crippen LogP) is 3.05. The lowest BCUT2D eigenvalue weighted by molar-refractivity contribution is 0.0967. The number of para-hydroxylation sites is 1. The number of carbonyl (C=O) groups is 1. The van der Waals surface area contributed by atoms with Gasteiger partial charge in [-0.2, -0.15) is 0 Å². The van der Waals surface area contributed by atoms with Crippen molar-refractivity contribution in [1.29, 1.82) is 0 Å². The van der Waals surface area contributed by atoms with Crippen LogP contribution < -0.4 is 5.73 Å². The highest BCUT2D eigenvalue weighted by molar-refractivity contribution is 6.04. The lowest BCUT2D eigenvalue weighted by Crippen LogP contribution is -2.14. The molecule has 1 aromatic heterocycles. The smallest absolute Gasteiger partial charge is 0.263 e. The summed E-state index contributed by atoms with van der Waals surface area (Å²) in [7, 11) is 0. The van der Waals surface area contributed by atoms with Gasteiger partial charge < -0.3 is 5.73 Å². The molecule has 1 heterocycles. The van der Waals surface area contributed by atoms with Crippen LogP contribution in [0.1, 0.15) is 10.4 Å². The van der Waals surface area contributed by atoms with Gasteiger partial charge in [0.15, 0.2) is 0 Å². The predicted molar refractivity (Wildman–Crippen MR) is 72.5 cm³/mol. The summed E-state index contributed by atoms with van der Waals surface area (Å²) in [6.45, 7) is 0. The van der Waals surface area contributed by atoms with Crippen LogP contribution in [-0.4, -0.2) is 10.5 Å². The van der Waals surface area contributed by atoms with E-state index in [1.165, 1.54) is 28.8 Å². The average Bonchev–Trinajstić information content (AvgIpc) is 2.74. The Labute approximate surface area is 109 Å². The zero-order valence-corrected chi connectivity index (χ0v) is 10.0. The lowest BCUT2D eigenvalue weighted by atomic mass is 10.2. The summed E-state index contributed by atoms with van der Waals surface area (Å²) in [5, 5.41) is 0.899. The van der Waals surface area contributed by atoms with E-state index >= 15 is 0 Å². The normalized spacial score (nSPS) is 10.8. The molecule has 2 aromatic carbocycles. The summed E-state index contributed by atoms with van der Waals surface area (Å²) in [6.07, 6.45) is 0. The third kappa shape index (κ3) is 1.87. The molecule has 0 aliphatic heterocycles. The van der Waals surface area contributed by atoms with Gasteiger partial charge in [-0.1, -0.05) is 18.2 Å². The first kappa shape index (κ1) is 11.5. The number of carbonyl (C=O) groups excluding carboxylic acids is 1. The largest absolute Gasteiger partial charge is 0.385 e. The zero-order valence-electron chi connectivity index (χ0n) is 10.0. The molecule has 0 amide bonds. The van der Waals surface area contributed by atoms with Crippen molar-refractivity contribution in [2.45, 2.75) is 0 Å². The molecule has 2 N–H and O–H groups in total. The van der Waals surface area contributed by atoms with Gasteiger partial charge in [0.1, 0.15) is 11.6 Å². The van der Waals surface area contributed by atoms with Gasteiger partial charge >= 0.3 is 0 Å². The third-order valence-electron chi connectivity index (χ3n) is 3.03. The Balaban J connectivity index is 2.16. The van der Waals surface area contributed by atoms with Crippen LogP contribution in [0.15, 0.2) is 54.6 Å². The van der Waals surface area contributed by atoms with Crippen molar-refractivity contribution in [3.63, 3.8) is 0 Å². The summed E-state index contributed by atoms with van der Waals surface area (Å²) in [5.74, 6) is -0.267.